The number of aromatic nitrogens is 1. The molecule has 138 valence electrons. The number of benzene rings is 1. The van der Waals surface area contributed by atoms with E-state index in [0.29, 0.717) is 5.92 Å². The third-order valence-corrected chi connectivity index (χ3v) is 6.12. The Morgan fingerprint density at radius 2 is 1.85 bits per heavy atom. The lowest BCUT2D eigenvalue weighted by atomic mass is 9.87. The second-order valence-electron chi connectivity index (χ2n) is 7.91. The molecule has 1 atom stereocenters. The first-order chi connectivity index (χ1) is 12.6. The van der Waals surface area contributed by atoms with Crippen molar-refractivity contribution in [2.24, 2.45) is 0 Å². The van der Waals surface area contributed by atoms with Gasteiger partial charge in [-0.25, -0.2) is 0 Å². The molecule has 0 N–H and O–H groups in total. The molecule has 1 aromatic heterocycles. The molecule has 4 heteroatoms. The van der Waals surface area contributed by atoms with E-state index in [0.717, 1.165) is 50.1 Å². The molecule has 1 amide bonds. The highest BCUT2D eigenvalue weighted by Crippen LogP contribution is 2.35. The molecule has 2 aliphatic rings. The minimum atomic E-state index is -0.0785. The van der Waals surface area contributed by atoms with E-state index < -0.39 is 0 Å². The predicted molar refractivity (Wildman–Crippen MR) is 101 cm³/mol. The number of nitrogens with zero attached hydrogens (tertiary/aromatic N) is 2. The summed E-state index contributed by atoms with van der Waals surface area (Å²) < 4.78 is 5.73. The van der Waals surface area contributed by atoms with Crippen molar-refractivity contribution >= 4 is 5.91 Å². The number of amides is 1. The Hall–Kier alpha value is -2.10. The maximum atomic E-state index is 12.9. The topological polar surface area (TPSA) is 46.3 Å². The number of hydrogen-bond acceptors (Lipinski definition) is 3. The van der Waals surface area contributed by atoms with Crippen molar-refractivity contribution in [3.63, 3.8) is 0 Å². The van der Waals surface area contributed by atoms with Gasteiger partial charge in [-0.2, -0.15) is 0 Å². The molecule has 1 fully saturated rings. The van der Waals surface area contributed by atoms with Crippen LogP contribution in [0, 0.1) is 6.92 Å². The lowest BCUT2D eigenvalue weighted by Gasteiger charge is -2.33. The molecule has 2 heterocycles. The fourth-order valence-electron chi connectivity index (χ4n) is 4.37. The van der Waals surface area contributed by atoms with Crippen LogP contribution < -0.4 is 0 Å². The van der Waals surface area contributed by atoms with Crippen molar-refractivity contribution in [2.75, 3.05) is 13.1 Å². The molecule has 0 saturated carbocycles. The first-order valence-corrected chi connectivity index (χ1v) is 9.96. The zero-order valence-corrected chi connectivity index (χ0v) is 15.8. The zero-order valence-electron chi connectivity index (χ0n) is 15.8. The number of aryl methyl sites for hydroxylation is 2. The van der Waals surface area contributed by atoms with Crippen LogP contribution in [0.15, 0.2) is 28.8 Å². The van der Waals surface area contributed by atoms with Gasteiger partial charge in [-0.1, -0.05) is 35.0 Å². The molecule has 1 unspecified atom stereocenters. The van der Waals surface area contributed by atoms with Crippen molar-refractivity contribution in [1.82, 2.24) is 10.1 Å². The maximum absolute atomic E-state index is 12.9. The van der Waals surface area contributed by atoms with Crippen molar-refractivity contribution < 1.29 is 9.32 Å². The quantitative estimate of drug-likeness (QED) is 0.824. The number of rotatable bonds is 3. The smallest absolute Gasteiger partial charge is 0.229 e. The molecule has 0 bridgehead atoms. The average molecular weight is 352 g/mol. The van der Waals surface area contributed by atoms with Crippen molar-refractivity contribution in [1.29, 1.82) is 0 Å². The molecule has 2 aromatic rings. The van der Waals surface area contributed by atoms with Gasteiger partial charge < -0.3 is 9.42 Å². The molecule has 1 aromatic carbocycles. The Kier molecular flexibility index (Phi) is 4.84. The fourth-order valence-corrected chi connectivity index (χ4v) is 4.37. The molecule has 1 saturated heterocycles. The van der Waals surface area contributed by atoms with Crippen LogP contribution in [0.4, 0.5) is 0 Å². The molecular formula is C22H28N2O2. The Morgan fingerprint density at radius 1 is 1.15 bits per heavy atom. The van der Waals surface area contributed by atoms with Crippen LogP contribution in [0.1, 0.15) is 72.6 Å². The second kappa shape index (κ2) is 7.26. The van der Waals surface area contributed by atoms with Crippen molar-refractivity contribution in [2.45, 2.75) is 64.2 Å². The fraction of sp³-hybridized carbons (Fsp3) is 0.545. The molecule has 26 heavy (non-hydrogen) atoms. The molecule has 0 radical (unpaired) electrons. The number of likely N-dealkylation sites (tertiary alicyclic amines) is 1. The van der Waals surface area contributed by atoms with E-state index in [9.17, 15) is 4.79 Å². The second-order valence-corrected chi connectivity index (χ2v) is 7.91. The van der Waals surface area contributed by atoms with E-state index >= 15 is 0 Å². The van der Waals surface area contributed by atoms with E-state index in [2.05, 4.69) is 36.3 Å². The lowest BCUT2D eigenvalue weighted by molar-refractivity contribution is -0.133. The van der Waals surface area contributed by atoms with E-state index in [-0.39, 0.29) is 11.8 Å². The van der Waals surface area contributed by atoms with Crippen LogP contribution in [0.3, 0.4) is 0 Å². The average Bonchev–Trinajstić information content (AvgIpc) is 3.12. The summed E-state index contributed by atoms with van der Waals surface area (Å²) in [6.45, 7) is 5.72. The van der Waals surface area contributed by atoms with Gasteiger partial charge in [0, 0.05) is 24.6 Å². The molecule has 1 aliphatic carbocycles. The van der Waals surface area contributed by atoms with E-state index in [4.69, 9.17) is 4.52 Å². The van der Waals surface area contributed by atoms with Gasteiger partial charge in [0.05, 0.1) is 11.6 Å². The first-order valence-electron chi connectivity index (χ1n) is 9.96. The Balaban J connectivity index is 1.39. The monoisotopic (exact) mass is 352 g/mol. The van der Waals surface area contributed by atoms with Crippen LogP contribution in [0.25, 0.3) is 0 Å². The summed E-state index contributed by atoms with van der Waals surface area (Å²) in [7, 11) is 0. The zero-order chi connectivity index (χ0) is 18.1. The van der Waals surface area contributed by atoms with Crippen molar-refractivity contribution in [3.8, 4) is 0 Å². The summed E-state index contributed by atoms with van der Waals surface area (Å²) in [5, 5.41) is 4.31. The third-order valence-electron chi connectivity index (χ3n) is 6.12. The highest BCUT2D eigenvalue weighted by molar-refractivity contribution is 5.83. The van der Waals surface area contributed by atoms with Gasteiger partial charge in [-0.3, -0.25) is 4.79 Å². The summed E-state index contributed by atoms with van der Waals surface area (Å²) >= 11 is 0. The van der Waals surface area contributed by atoms with Gasteiger partial charge in [0.25, 0.3) is 0 Å². The number of fused-ring (bicyclic) bond motifs is 1. The minimum Gasteiger partial charge on any atom is -0.361 e. The van der Waals surface area contributed by atoms with Gasteiger partial charge in [-0.15, -0.1) is 0 Å². The highest BCUT2D eigenvalue weighted by Gasteiger charge is 2.31. The Labute approximate surface area is 155 Å². The van der Waals surface area contributed by atoms with Gasteiger partial charge in [0.1, 0.15) is 5.76 Å². The third kappa shape index (κ3) is 3.29. The van der Waals surface area contributed by atoms with Crippen LogP contribution in [-0.2, 0) is 17.6 Å². The molecule has 4 nitrogen and oxygen atoms in total. The molecule has 4 rings (SSSR count). The summed E-state index contributed by atoms with van der Waals surface area (Å²) in [4.78, 5) is 14.9. The van der Waals surface area contributed by atoms with Crippen molar-refractivity contribution in [3.05, 3.63) is 52.4 Å². The number of hydrogen-bond donors (Lipinski definition) is 0. The maximum Gasteiger partial charge on any atom is 0.229 e. The Bertz CT molecular complexity index is 770. The molecular weight excluding hydrogens is 324 g/mol. The van der Waals surface area contributed by atoms with Gasteiger partial charge in [0.2, 0.25) is 5.91 Å². The SMILES string of the molecule is Cc1ccc(C(C)C(=O)N2CCC(c3onc4c3CCCC4)CC2)cc1. The van der Waals surface area contributed by atoms with Gasteiger partial charge in [-0.05, 0) is 57.9 Å². The van der Waals surface area contributed by atoms with Crippen LogP contribution in [-0.4, -0.2) is 29.1 Å². The number of carbonyl (C=O) groups excluding carboxylic acids is 1. The molecule has 0 spiro atoms. The summed E-state index contributed by atoms with van der Waals surface area (Å²) in [6, 6.07) is 8.31. The normalized spacial score (nSPS) is 19.2. The standard InChI is InChI=1S/C22H28N2O2/c1-15-7-9-17(10-8-15)16(2)22(25)24-13-11-18(12-14-24)21-19-5-3-4-6-20(19)23-26-21/h7-10,16,18H,3-6,11-14H2,1-2H3. The van der Waals surface area contributed by atoms with Gasteiger partial charge in [0.15, 0.2) is 0 Å². The van der Waals surface area contributed by atoms with E-state index in [1.54, 1.807) is 0 Å². The van der Waals surface area contributed by atoms with Crippen LogP contribution in [0.2, 0.25) is 0 Å². The number of piperidine rings is 1. The van der Waals surface area contributed by atoms with E-state index in [1.165, 1.54) is 29.7 Å². The number of carbonyl (C=O) groups is 1. The minimum absolute atomic E-state index is 0.0785. The lowest BCUT2D eigenvalue weighted by Crippen LogP contribution is -2.40. The highest BCUT2D eigenvalue weighted by atomic mass is 16.5. The largest absolute Gasteiger partial charge is 0.361 e. The van der Waals surface area contributed by atoms with Crippen LogP contribution in [0.5, 0.6) is 0 Å². The summed E-state index contributed by atoms with van der Waals surface area (Å²) in [5.41, 5.74) is 4.88. The van der Waals surface area contributed by atoms with Crippen LogP contribution >= 0.6 is 0 Å². The summed E-state index contributed by atoms with van der Waals surface area (Å²) in [5.74, 6) is 1.69. The molecule has 1 aliphatic heterocycles. The summed E-state index contributed by atoms with van der Waals surface area (Å²) in [6.07, 6.45) is 6.60. The van der Waals surface area contributed by atoms with Gasteiger partial charge >= 0.3 is 0 Å². The van der Waals surface area contributed by atoms with E-state index in [1.807, 2.05) is 11.8 Å². The predicted octanol–water partition coefficient (Wildman–Crippen LogP) is 4.37. The Morgan fingerprint density at radius 3 is 2.58 bits per heavy atom. The first kappa shape index (κ1) is 17.3.